The van der Waals surface area contributed by atoms with Gasteiger partial charge in [-0.3, -0.25) is 9.69 Å². The van der Waals surface area contributed by atoms with Crippen LogP contribution >= 0.6 is 0 Å². The van der Waals surface area contributed by atoms with Crippen LogP contribution in [0.1, 0.15) is 61.3 Å². The first-order chi connectivity index (χ1) is 8.13. The lowest BCUT2D eigenvalue weighted by Crippen LogP contribution is -2.45. The largest absolute Gasteiger partial charge is 0.298 e. The van der Waals surface area contributed by atoms with E-state index in [4.69, 9.17) is 0 Å². The number of likely N-dealkylation sites (tertiary alicyclic amines) is 1. The number of Topliss-reactive ketones (excluding diaryl/α,β-unsaturated/α-hetero) is 1. The maximum absolute atomic E-state index is 12.5. The number of carbonyl (C=O) groups excluding carboxylic acids is 1. The predicted molar refractivity (Wildman–Crippen MR) is 77.7 cm³/mol. The monoisotopic (exact) mass is 253 g/mol. The highest BCUT2D eigenvalue weighted by atomic mass is 16.1. The van der Waals surface area contributed by atoms with Crippen molar-refractivity contribution in [3.8, 4) is 0 Å². The van der Waals surface area contributed by atoms with Crippen molar-refractivity contribution in [2.24, 2.45) is 17.3 Å². The molecule has 2 heteroatoms. The first kappa shape index (κ1) is 15.7. The average Bonchev–Trinajstić information content (AvgIpc) is 2.57. The molecule has 0 aromatic rings. The normalized spacial score (nSPS) is 26.3. The highest BCUT2D eigenvalue weighted by molar-refractivity contribution is 5.86. The molecule has 1 rings (SSSR count). The lowest BCUT2D eigenvalue weighted by molar-refractivity contribution is -0.128. The second-order valence-corrected chi connectivity index (χ2v) is 7.65. The van der Waals surface area contributed by atoms with Crippen LogP contribution in [0.3, 0.4) is 0 Å². The SMILES string of the molecule is CC(C)C(=O)C1C(CC(C)(C)C)CCN1C(C)C. The number of hydrogen-bond acceptors (Lipinski definition) is 2. The fourth-order valence-electron chi connectivity index (χ4n) is 3.20. The van der Waals surface area contributed by atoms with Crippen LogP contribution in [-0.2, 0) is 4.79 Å². The molecule has 2 atom stereocenters. The summed E-state index contributed by atoms with van der Waals surface area (Å²) in [6.07, 6.45) is 2.33. The van der Waals surface area contributed by atoms with Crippen LogP contribution in [0.5, 0.6) is 0 Å². The van der Waals surface area contributed by atoms with E-state index in [0.717, 1.165) is 13.0 Å². The topological polar surface area (TPSA) is 20.3 Å². The summed E-state index contributed by atoms with van der Waals surface area (Å²) in [5.74, 6) is 1.13. The summed E-state index contributed by atoms with van der Waals surface area (Å²) in [5.41, 5.74) is 0.313. The molecule has 1 aliphatic heterocycles. The standard InChI is InChI=1S/C16H31NO/c1-11(2)15(18)14-13(10-16(5,6)7)8-9-17(14)12(3)4/h11-14H,8-10H2,1-7H3. The minimum absolute atomic E-state index is 0.150. The molecule has 0 aromatic carbocycles. The molecule has 0 aliphatic carbocycles. The maximum atomic E-state index is 12.5. The van der Waals surface area contributed by atoms with Gasteiger partial charge in [-0.05, 0) is 44.6 Å². The molecule has 0 bridgehead atoms. The molecule has 18 heavy (non-hydrogen) atoms. The number of nitrogens with zero attached hydrogens (tertiary/aromatic N) is 1. The Bertz CT molecular complexity index is 288. The van der Waals surface area contributed by atoms with Crippen molar-refractivity contribution in [1.29, 1.82) is 0 Å². The van der Waals surface area contributed by atoms with Crippen LogP contribution in [0.2, 0.25) is 0 Å². The van der Waals surface area contributed by atoms with Crippen LogP contribution in [0.4, 0.5) is 0 Å². The average molecular weight is 253 g/mol. The Labute approximate surface area is 113 Å². The second kappa shape index (κ2) is 5.73. The molecule has 1 heterocycles. The molecule has 1 fully saturated rings. The van der Waals surface area contributed by atoms with Crippen LogP contribution < -0.4 is 0 Å². The van der Waals surface area contributed by atoms with E-state index in [1.54, 1.807) is 0 Å². The molecule has 0 saturated carbocycles. The van der Waals surface area contributed by atoms with Crippen molar-refractivity contribution in [2.75, 3.05) is 6.54 Å². The lowest BCUT2D eigenvalue weighted by atomic mass is 9.79. The van der Waals surface area contributed by atoms with Gasteiger partial charge in [0.2, 0.25) is 0 Å². The van der Waals surface area contributed by atoms with Gasteiger partial charge in [0.05, 0.1) is 6.04 Å². The molecule has 2 unspecified atom stereocenters. The Hall–Kier alpha value is -0.370. The molecule has 106 valence electrons. The van der Waals surface area contributed by atoms with Gasteiger partial charge in [-0.25, -0.2) is 0 Å². The Morgan fingerprint density at radius 1 is 1.22 bits per heavy atom. The molecule has 0 radical (unpaired) electrons. The Balaban J connectivity index is 2.88. The molecule has 0 amide bonds. The molecule has 0 aromatic heterocycles. The number of rotatable bonds is 4. The zero-order valence-corrected chi connectivity index (χ0v) is 13.3. The molecule has 2 nitrogen and oxygen atoms in total. The summed E-state index contributed by atoms with van der Waals surface area (Å²) >= 11 is 0. The van der Waals surface area contributed by atoms with E-state index in [1.165, 1.54) is 6.42 Å². The van der Waals surface area contributed by atoms with E-state index in [0.29, 0.717) is 23.2 Å². The van der Waals surface area contributed by atoms with Crippen molar-refractivity contribution in [3.05, 3.63) is 0 Å². The maximum Gasteiger partial charge on any atom is 0.152 e. The van der Waals surface area contributed by atoms with E-state index < -0.39 is 0 Å². The van der Waals surface area contributed by atoms with Crippen LogP contribution in [0, 0.1) is 17.3 Å². The number of hydrogen-bond donors (Lipinski definition) is 0. The van der Waals surface area contributed by atoms with Gasteiger partial charge in [0.15, 0.2) is 5.78 Å². The summed E-state index contributed by atoms with van der Waals surface area (Å²) in [6, 6.07) is 0.631. The van der Waals surface area contributed by atoms with E-state index in [1.807, 2.05) is 13.8 Å². The third-order valence-electron chi connectivity index (χ3n) is 3.96. The zero-order chi connectivity index (χ0) is 14.1. The molecule has 1 saturated heterocycles. The van der Waals surface area contributed by atoms with Gasteiger partial charge in [-0.15, -0.1) is 0 Å². The summed E-state index contributed by atoms with van der Waals surface area (Å²) in [4.78, 5) is 14.9. The first-order valence-electron chi connectivity index (χ1n) is 7.43. The predicted octanol–water partition coefficient (Wildman–Crippen LogP) is 3.75. The van der Waals surface area contributed by atoms with Crippen molar-refractivity contribution < 1.29 is 4.79 Å². The van der Waals surface area contributed by atoms with Gasteiger partial charge in [0.1, 0.15) is 0 Å². The van der Waals surface area contributed by atoms with Gasteiger partial charge in [0.25, 0.3) is 0 Å². The Morgan fingerprint density at radius 2 is 1.78 bits per heavy atom. The summed E-state index contributed by atoms with van der Waals surface area (Å²) < 4.78 is 0. The van der Waals surface area contributed by atoms with Gasteiger partial charge in [-0.2, -0.15) is 0 Å². The van der Waals surface area contributed by atoms with E-state index >= 15 is 0 Å². The van der Waals surface area contributed by atoms with Crippen LogP contribution in [0.25, 0.3) is 0 Å². The summed E-state index contributed by atoms with van der Waals surface area (Å²) in [6.45, 7) is 16.4. The molecular weight excluding hydrogens is 222 g/mol. The van der Waals surface area contributed by atoms with E-state index in [9.17, 15) is 4.79 Å². The van der Waals surface area contributed by atoms with Crippen molar-refractivity contribution in [3.63, 3.8) is 0 Å². The Morgan fingerprint density at radius 3 is 2.17 bits per heavy atom. The minimum atomic E-state index is 0.150. The smallest absolute Gasteiger partial charge is 0.152 e. The third-order valence-corrected chi connectivity index (χ3v) is 3.96. The molecular formula is C16H31NO. The second-order valence-electron chi connectivity index (χ2n) is 7.65. The quantitative estimate of drug-likeness (QED) is 0.760. The lowest BCUT2D eigenvalue weighted by Gasteiger charge is -2.33. The van der Waals surface area contributed by atoms with Crippen molar-refractivity contribution in [2.45, 2.75) is 73.4 Å². The molecule has 0 N–H and O–H groups in total. The van der Waals surface area contributed by atoms with Gasteiger partial charge in [-0.1, -0.05) is 34.6 Å². The number of ketones is 1. The summed E-state index contributed by atoms with van der Waals surface area (Å²) in [5, 5.41) is 0. The van der Waals surface area contributed by atoms with E-state index in [2.05, 4.69) is 39.5 Å². The molecule has 0 spiro atoms. The van der Waals surface area contributed by atoms with Crippen molar-refractivity contribution >= 4 is 5.78 Å². The highest BCUT2D eigenvalue weighted by Gasteiger charge is 2.41. The first-order valence-corrected chi connectivity index (χ1v) is 7.43. The summed E-state index contributed by atoms with van der Waals surface area (Å²) in [7, 11) is 0. The van der Waals surface area contributed by atoms with Gasteiger partial charge < -0.3 is 0 Å². The van der Waals surface area contributed by atoms with Crippen LogP contribution in [-0.4, -0.2) is 29.3 Å². The van der Waals surface area contributed by atoms with E-state index in [-0.39, 0.29) is 12.0 Å². The third kappa shape index (κ3) is 3.81. The Kier molecular flexibility index (Phi) is 4.99. The molecule has 1 aliphatic rings. The fraction of sp³-hybridized carbons (Fsp3) is 0.938. The highest BCUT2D eigenvalue weighted by Crippen LogP contribution is 2.36. The zero-order valence-electron chi connectivity index (χ0n) is 13.3. The van der Waals surface area contributed by atoms with Gasteiger partial charge in [0, 0.05) is 12.0 Å². The minimum Gasteiger partial charge on any atom is -0.298 e. The number of carbonyl (C=O) groups is 1. The fourth-order valence-corrected chi connectivity index (χ4v) is 3.20. The van der Waals surface area contributed by atoms with Crippen LogP contribution in [0.15, 0.2) is 0 Å². The van der Waals surface area contributed by atoms with Crippen molar-refractivity contribution in [1.82, 2.24) is 4.90 Å². The van der Waals surface area contributed by atoms with Gasteiger partial charge >= 0.3 is 0 Å².